The molecule has 7 nitrogen and oxygen atoms in total. The highest BCUT2D eigenvalue weighted by Gasteiger charge is 2.23. The fourth-order valence-electron chi connectivity index (χ4n) is 4.63. The van der Waals surface area contributed by atoms with Crippen LogP contribution in [0.5, 0.6) is 5.75 Å². The number of para-hydroxylation sites is 1. The van der Waals surface area contributed by atoms with Gasteiger partial charge in [0.15, 0.2) is 0 Å². The van der Waals surface area contributed by atoms with E-state index < -0.39 is 17.1 Å². The summed E-state index contributed by atoms with van der Waals surface area (Å²) < 4.78 is 5.73. The normalized spacial score (nSPS) is 11.7. The quantitative estimate of drug-likeness (QED) is 0.0893. The van der Waals surface area contributed by atoms with Crippen LogP contribution in [-0.2, 0) is 9.59 Å². The van der Waals surface area contributed by atoms with Crippen LogP contribution in [0.15, 0.2) is 138 Å². The zero-order chi connectivity index (χ0) is 33.9. The molecular weight excluding hydrogens is 665 g/mol. The maximum absolute atomic E-state index is 13.6. The van der Waals surface area contributed by atoms with E-state index in [1.807, 2.05) is 67.6 Å². The molecule has 0 saturated heterocycles. The number of rotatable bonds is 12. The van der Waals surface area contributed by atoms with Crippen molar-refractivity contribution in [1.29, 1.82) is 0 Å². The summed E-state index contributed by atoms with van der Waals surface area (Å²) in [4.78, 5) is 41.0. The van der Waals surface area contributed by atoms with Crippen LogP contribution in [-0.4, -0.2) is 24.3 Å². The molecular formula is C38H31Cl2N3O4S. The average molecular weight is 697 g/mol. The number of ether oxygens (including phenoxy) is 1. The summed E-state index contributed by atoms with van der Waals surface area (Å²) in [5, 5.41) is 8.73. The molecule has 1 unspecified atom stereocenters. The lowest BCUT2D eigenvalue weighted by molar-refractivity contribution is -0.116. The summed E-state index contributed by atoms with van der Waals surface area (Å²) in [5.41, 5.74) is 2.79. The molecule has 5 aromatic carbocycles. The molecule has 3 N–H and O–H groups in total. The number of benzene rings is 5. The smallest absolute Gasteiger partial charge is 0.272 e. The third-order valence-corrected chi connectivity index (χ3v) is 8.77. The van der Waals surface area contributed by atoms with Crippen LogP contribution in [0.25, 0.3) is 6.08 Å². The Bertz CT molecular complexity index is 1920. The van der Waals surface area contributed by atoms with Crippen LogP contribution in [0.2, 0.25) is 10.0 Å². The number of hydrogen-bond acceptors (Lipinski definition) is 5. The molecule has 0 aromatic heterocycles. The first-order valence-electron chi connectivity index (χ1n) is 15.0. The Kier molecular flexibility index (Phi) is 11.9. The van der Waals surface area contributed by atoms with E-state index in [-0.39, 0.29) is 11.6 Å². The molecule has 0 aliphatic rings. The molecule has 0 bridgehead atoms. The van der Waals surface area contributed by atoms with E-state index in [9.17, 15) is 14.4 Å². The van der Waals surface area contributed by atoms with Gasteiger partial charge in [0.05, 0.1) is 17.3 Å². The molecule has 0 saturated carbocycles. The molecule has 5 rings (SSSR count). The molecule has 0 aliphatic heterocycles. The molecule has 242 valence electrons. The Labute approximate surface area is 293 Å². The van der Waals surface area contributed by atoms with Crippen molar-refractivity contribution in [3.05, 3.63) is 160 Å². The summed E-state index contributed by atoms with van der Waals surface area (Å²) in [7, 11) is 0. The van der Waals surface area contributed by atoms with Crippen molar-refractivity contribution in [2.24, 2.45) is 0 Å². The van der Waals surface area contributed by atoms with Crippen molar-refractivity contribution in [3.63, 3.8) is 0 Å². The fraction of sp³-hybridized carbons (Fsp3) is 0.0789. The van der Waals surface area contributed by atoms with Crippen molar-refractivity contribution in [1.82, 2.24) is 5.32 Å². The first-order chi connectivity index (χ1) is 23.3. The van der Waals surface area contributed by atoms with Gasteiger partial charge in [0.25, 0.3) is 11.8 Å². The summed E-state index contributed by atoms with van der Waals surface area (Å²) in [6.07, 6.45) is 1.58. The lowest BCUT2D eigenvalue weighted by Gasteiger charge is -2.18. The second-order valence-electron chi connectivity index (χ2n) is 10.3. The van der Waals surface area contributed by atoms with Gasteiger partial charge in [0.1, 0.15) is 16.7 Å². The van der Waals surface area contributed by atoms with Crippen molar-refractivity contribution >= 4 is 70.1 Å². The van der Waals surface area contributed by atoms with Crippen LogP contribution in [0.1, 0.15) is 33.7 Å². The van der Waals surface area contributed by atoms with Crippen molar-refractivity contribution in [2.45, 2.75) is 17.1 Å². The summed E-state index contributed by atoms with van der Waals surface area (Å²) in [5.74, 6) is -0.646. The Morgan fingerprint density at radius 2 is 1.46 bits per heavy atom. The second-order valence-corrected chi connectivity index (χ2v) is 12.4. The molecule has 1 atom stereocenters. The van der Waals surface area contributed by atoms with E-state index >= 15 is 0 Å². The number of amides is 3. The zero-order valence-electron chi connectivity index (χ0n) is 25.8. The lowest BCUT2D eigenvalue weighted by atomic mass is 10.1. The van der Waals surface area contributed by atoms with Crippen molar-refractivity contribution < 1.29 is 19.1 Å². The van der Waals surface area contributed by atoms with E-state index in [4.69, 9.17) is 27.9 Å². The Balaban J connectivity index is 1.35. The molecule has 0 heterocycles. The molecule has 0 aliphatic carbocycles. The third kappa shape index (κ3) is 9.29. The van der Waals surface area contributed by atoms with Crippen LogP contribution in [0.4, 0.5) is 11.4 Å². The van der Waals surface area contributed by atoms with Gasteiger partial charge < -0.3 is 20.7 Å². The van der Waals surface area contributed by atoms with Gasteiger partial charge in [-0.05, 0) is 79.2 Å². The van der Waals surface area contributed by atoms with Gasteiger partial charge in [-0.3, -0.25) is 14.4 Å². The Morgan fingerprint density at radius 1 is 0.792 bits per heavy atom. The van der Waals surface area contributed by atoms with Crippen LogP contribution < -0.4 is 20.7 Å². The van der Waals surface area contributed by atoms with Crippen LogP contribution in [0, 0.1) is 0 Å². The predicted molar refractivity (Wildman–Crippen MR) is 195 cm³/mol. The highest BCUT2D eigenvalue weighted by molar-refractivity contribution is 8.00. The minimum Gasteiger partial charge on any atom is -0.493 e. The highest BCUT2D eigenvalue weighted by atomic mass is 35.5. The van der Waals surface area contributed by atoms with Crippen LogP contribution >= 0.6 is 35.0 Å². The lowest BCUT2D eigenvalue weighted by Crippen LogP contribution is -2.30. The number of carbonyl (C=O) groups excluding carboxylic acids is 3. The van der Waals surface area contributed by atoms with Crippen molar-refractivity contribution in [3.8, 4) is 5.75 Å². The molecule has 48 heavy (non-hydrogen) atoms. The Morgan fingerprint density at radius 3 is 2.17 bits per heavy atom. The van der Waals surface area contributed by atoms with Gasteiger partial charge >= 0.3 is 0 Å². The number of nitrogens with one attached hydrogen (secondary N) is 3. The molecule has 0 spiro atoms. The van der Waals surface area contributed by atoms with Gasteiger partial charge in [-0.1, -0.05) is 89.9 Å². The molecule has 5 aromatic rings. The second kappa shape index (κ2) is 16.7. The topological polar surface area (TPSA) is 96.5 Å². The van der Waals surface area contributed by atoms with E-state index in [0.717, 1.165) is 10.5 Å². The SMILES string of the molecule is CCOc1ccccc1/C=C(\NC(=O)c1ccccc1)C(=O)Nc1ccc(SC(C(=O)Nc2cc(Cl)ccc2Cl)c2ccccc2)cc1. The summed E-state index contributed by atoms with van der Waals surface area (Å²) in [6, 6.07) is 37.3. The van der Waals surface area contributed by atoms with E-state index in [0.29, 0.717) is 44.9 Å². The maximum atomic E-state index is 13.6. The van der Waals surface area contributed by atoms with Gasteiger partial charge in [0, 0.05) is 26.7 Å². The number of carbonyl (C=O) groups is 3. The molecule has 3 amide bonds. The molecule has 0 fully saturated rings. The van der Waals surface area contributed by atoms with Gasteiger partial charge in [-0.15, -0.1) is 11.8 Å². The van der Waals surface area contributed by atoms with Gasteiger partial charge in [0.2, 0.25) is 5.91 Å². The first kappa shape index (κ1) is 34.3. The largest absolute Gasteiger partial charge is 0.493 e. The van der Waals surface area contributed by atoms with Crippen molar-refractivity contribution in [2.75, 3.05) is 17.2 Å². The minimum absolute atomic E-state index is 0.0370. The summed E-state index contributed by atoms with van der Waals surface area (Å²) >= 11 is 13.8. The van der Waals surface area contributed by atoms with E-state index in [1.54, 1.807) is 72.8 Å². The molecule has 10 heteroatoms. The molecule has 0 radical (unpaired) electrons. The zero-order valence-corrected chi connectivity index (χ0v) is 28.1. The number of halogens is 2. The highest BCUT2D eigenvalue weighted by Crippen LogP contribution is 2.37. The monoisotopic (exact) mass is 695 g/mol. The number of hydrogen-bond donors (Lipinski definition) is 3. The van der Waals surface area contributed by atoms with Crippen LogP contribution in [0.3, 0.4) is 0 Å². The first-order valence-corrected chi connectivity index (χ1v) is 16.6. The number of thioether (sulfide) groups is 1. The van der Waals surface area contributed by atoms with Gasteiger partial charge in [-0.2, -0.15) is 0 Å². The summed E-state index contributed by atoms with van der Waals surface area (Å²) in [6.45, 7) is 2.31. The van der Waals surface area contributed by atoms with E-state index in [2.05, 4.69) is 16.0 Å². The van der Waals surface area contributed by atoms with Gasteiger partial charge in [-0.25, -0.2) is 0 Å². The standard InChI is InChI=1S/C38H31Cl2N3O4S/c1-2-47-34-16-10-9-15-27(34)23-33(43-36(44)26-13-7-4-8-14-26)37(45)41-29-18-20-30(21-19-29)48-35(25-11-5-3-6-12-25)38(46)42-32-24-28(39)17-22-31(32)40/h3-24,35H,2H2,1H3,(H,41,45)(H,42,46)(H,43,44)/b33-23-. The van der Waals surface area contributed by atoms with E-state index in [1.165, 1.54) is 11.8 Å². The fourth-order valence-corrected chi connectivity index (χ4v) is 5.99. The number of anilines is 2. The Hall–Kier alpha value is -5.02. The average Bonchev–Trinajstić information content (AvgIpc) is 3.10. The third-order valence-electron chi connectivity index (χ3n) is 6.94. The minimum atomic E-state index is -0.616. The maximum Gasteiger partial charge on any atom is 0.272 e. The predicted octanol–water partition coefficient (Wildman–Crippen LogP) is 9.27.